The molecule has 1 N–H and O–H groups in total. The second kappa shape index (κ2) is 9.25. The Hall–Kier alpha value is -3.32. The predicted octanol–water partition coefficient (Wildman–Crippen LogP) is 4.25. The minimum absolute atomic E-state index is 0.162. The average Bonchev–Trinajstić information content (AvgIpc) is 3.13. The fourth-order valence-electron chi connectivity index (χ4n) is 2.49. The number of aryl methyl sites for hydroxylation is 2. The first kappa shape index (κ1) is 20.4. The van der Waals surface area contributed by atoms with Crippen molar-refractivity contribution in [2.24, 2.45) is 0 Å². The van der Waals surface area contributed by atoms with Crippen LogP contribution in [0.4, 0.5) is 5.69 Å². The van der Waals surface area contributed by atoms with E-state index in [4.69, 9.17) is 25.6 Å². The van der Waals surface area contributed by atoms with Crippen LogP contribution in [0.5, 0.6) is 5.88 Å². The van der Waals surface area contributed by atoms with Crippen LogP contribution in [-0.4, -0.2) is 23.6 Å². The van der Waals surface area contributed by atoms with Gasteiger partial charge in [-0.2, -0.15) is 0 Å². The number of hydrogen-bond acceptors (Lipinski definition) is 6. The number of ether oxygens (including phenoxy) is 2. The van der Waals surface area contributed by atoms with Crippen molar-refractivity contribution in [3.05, 3.63) is 76.5 Å². The van der Waals surface area contributed by atoms with Gasteiger partial charge in [-0.1, -0.05) is 48.0 Å². The molecule has 150 valence electrons. The van der Waals surface area contributed by atoms with E-state index < -0.39 is 24.6 Å². The van der Waals surface area contributed by atoms with Crippen LogP contribution in [0.25, 0.3) is 0 Å². The van der Waals surface area contributed by atoms with Crippen LogP contribution in [0.15, 0.2) is 59.1 Å². The van der Waals surface area contributed by atoms with Gasteiger partial charge in [0.15, 0.2) is 6.61 Å². The number of nitrogens with one attached hydrogen (secondary N) is 1. The third-order valence-corrected chi connectivity index (χ3v) is 4.38. The lowest BCUT2D eigenvalue weighted by atomic mass is 10.1. The Kier molecular flexibility index (Phi) is 6.51. The van der Waals surface area contributed by atoms with Crippen LogP contribution in [0.1, 0.15) is 23.0 Å². The second-order valence-corrected chi connectivity index (χ2v) is 6.71. The number of amides is 1. The van der Waals surface area contributed by atoms with Crippen LogP contribution in [0.2, 0.25) is 5.02 Å². The van der Waals surface area contributed by atoms with Gasteiger partial charge in [0, 0.05) is 22.3 Å². The van der Waals surface area contributed by atoms with Crippen LogP contribution in [0, 0.1) is 13.8 Å². The third-order valence-electron chi connectivity index (χ3n) is 3.97. The number of nitrogens with zero attached hydrogens (tertiary/aromatic N) is 1. The molecule has 0 aliphatic heterocycles. The van der Waals surface area contributed by atoms with Crippen molar-refractivity contribution in [1.82, 2.24) is 5.16 Å². The van der Waals surface area contributed by atoms with Crippen molar-refractivity contribution in [3.63, 3.8) is 0 Å². The first-order chi connectivity index (χ1) is 13.9. The zero-order valence-electron chi connectivity index (χ0n) is 15.8. The molecule has 1 heterocycles. The normalized spacial score (nSPS) is 11.6. The molecule has 8 heteroatoms. The highest BCUT2D eigenvalue weighted by molar-refractivity contribution is 6.31. The summed E-state index contributed by atoms with van der Waals surface area (Å²) in [5.74, 6) is -0.528. The Labute approximate surface area is 172 Å². The average molecular weight is 415 g/mol. The maximum absolute atomic E-state index is 12.8. The van der Waals surface area contributed by atoms with E-state index in [1.54, 1.807) is 55.5 Å². The fraction of sp³-hybridized carbons (Fsp3) is 0.190. The van der Waals surface area contributed by atoms with E-state index >= 15 is 0 Å². The molecular weight excluding hydrogens is 396 g/mol. The van der Waals surface area contributed by atoms with Crippen LogP contribution >= 0.6 is 11.6 Å². The molecule has 0 fully saturated rings. The molecule has 0 aliphatic carbocycles. The predicted molar refractivity (Wildman–Crippen MR) is 107 cm³/mol. The molecule has 0 radical (unpaired) electrons. The highest BCUT2D eigenvalue weighted by atomic mass is 35.5. The molecule has 0 bridgehead atoms. The molecule has 1 aromatic heterocycles. The van der Waals surface area contributed by atoms with Gasteiger partial charge >= 0.3 is 5.97 Å². The van der Waals surface area contributed by atoms with Gasteiger partial charge < -0.3 is 19.3 Å². The Morgan fingerprint density at radius 3 is 2.55 bits per heavy atom. The summed E-state index contributed by atoms with van der Waals surface area (Å²) in [6.07, 6.45) is -1.16. The van der Waals surface area contributed by atoms with Gasteiger partial charge in [-0.3, -0.25) is 4.79 Å². The minimum Gasteiger partial charge on any atom is -0.463 e. The van der Waals surface area contributed by atoms with Crippen LogP contribution < -0.4 is 10.1 Å². The fourth-order valence-corrected chi connectivity index (χ4v) is 2.67. The smallest absolute Gasteiger partial charge is 0.345 e. The minimum atomic E-state index is -1.16. The van der Waals surface area contributed by atoms with Crippen LogP contribution in [-0.2, 0) is 14.3 Å². The van der Waals surface area contributed by atoms with Crippen molar-refractivity contribution >= 4 is 29.2 Å². The number of aromatic nitrogens is 1. The van der Waals surface area contributed by atoms with Gasteiger partial charge in [0.05, 0.1) is 0 Å². The Bertz CT molecular complexity index is 1000. The number of esters is 1. The van der Waals surface area contributed by atoms with E-state index in [9.17, 15) is 9.59 Å². The molecule has 1 atom stereocenters. The molecule has 2 aromatic carbocycles. The highest BCUT2D eigenvalue weighted by Crippen LogP contribution is 2.23. The van der Waals surface area contributed by atoms with E-state index in [0.29, 0.717) is 22.0 Å². The standard InChI is InChI=1S/C21H19ClN2O5/c1-13-8-9-16(11-17(13)22)23-21(26)20(15-6-4-3-5-7-15)28-19(25)12-27-18-10-14(2)29-24-18/h3-11,20H,12H2,1-2H3,(H,23,26)/t20-/m1/s1. The maximum Gasteiger partial charge on any atom is 0.345 e. The first-order valence-corrected chi connectivity index (χ1v) is 9.18. The van der Waals surface area contributed by atoms with E-state index in [0.717, 1.165) is 5.56 Å². The summed E-state index contributed by atoms with van der Waals surface area (Å²) in [6.45, 7) is 3.14. The molecule has 3 rings (SSSR count). The number of anilines is 1. The van der Waals surface area contributed by atoms with E-state index in [2.05, 4.69) is 10.5 Å². The van der Waals surface area contributed by atoms with Gasteiger partial charge in [-0.15, -0.1) is 0 Å². The molecule has 29 heavy (non-hydrogen) atoms. The number of carbonyl (C=O) groups excluding carboxylic acids is 2. The molecule has 0 saturated carbocycles. The van der Waals surface area contributed by atoms with Crippen molar-refractivity contribution in [1.29, 1.82) is 0 Å². The third kappa shape index (κ3) is 5.58. The van der Waals surface area contributed by atoms with Gasteiger partial charge in [0.1, 0.15) is 5.76 Å². The zero-order valence-corrected chi connectivity index (χ0v) is 16.6. The maximum atomic E-state index is 12.8. The van der Waals surface area contributed by atoms with E-state index in [1.165, 1.54) is 6.07 Å². The van der Waals surface area contributed by atoms with Crippen LogP contribution in [0.3, 0.4) is 0 Å². The van der Waals surface area contributed by atoms with Crippen molar-refractivity contribution in [2.45, 2.75) is 20.0 Å². The summed E-state index contributed by atoms with van der Waals surface area (Å²) in [6, 6.07) is 15.4. The summed E-state index contributed by atoms with van der Waals surface area (Å²) in [4.78, 5) is 25.1. The Balaban J connectivity index is 1.71. The van der Waals surface area contributed by atoms with Gasteiger partial charge in [0.2, 0.25) is 6.10 Å². The highest BCUT2D eigenvalue weighted by Gasteiger charge is 2.25. The lowest BCUT2D eigenvalue weighted by molar-refractivity contribution is -0.156. The summed E-state index contributed by atoms with van der Waals surface area (Å²) in [5.41, 5.74) is 1.90. The molecule has 0 aliphatic rings. The quantitative estimate of drug-likeness (QED) is 0.581. The topological polar surface area (TPSA) is 90.7 Å². The van der Waals surface area contributed by atoms with Gasteiger partial charge in [-0.05, 0) is 36.7 Å². The monoisotopic (exact) mass is 414 g/mol. The molecule has 0 spiro atoms. The van der Waals surface area contributed by atoms with Crippen molar-refractivity contribution in [2.75, 3.05) is 11.9 Å². The molecule has 1 amide bonds. The lowest BCUT2D eigenvalue weighted by Gasteiger charge is -2.18. The molecule has 0 saturated heterocycles. The summed E-state index contributed by atoms with van der Waals surface area (Å²) < 4.78 is 15.5. The van der Waals surface area contributed by atoms with Crippen molar-refractivity contribution < 1.29 is 23.6 Å². The summed E-state index contributed by atoms with van der Waals surface area (Å²) in [7, 11) is 0. The Morgan fingerprint density at radius 1 is 1.14 bits per heavy atom. The number of halogens is 1. The zero-order chi connectivity index (χ0) is 20.8. The number of benzene rings is 2. The first-order valence-electron chi connectivity index (χ1n) is 8.80. The number of rotatable bonds is 7. The largest absolute Gasteiger partial charge is 0.463 e. The second-order valence-electron chi connectivity index (χ2n) is 6.30. The Morgan fingerprint density at radius 2 is 1.90 bits per heavy atom. The van der Waals surface area contributed by atoms with Gasteiger partial charge in [0.25, 0.3) is 11.8 Å². The SMILES string of the molecule is Cc1cc(OCC(=O)O[C@@H](C(=O)Nc2ccc(C)c(Cl)c2)c2ccccc2)no1. The molecule has 3 aromatic rings. The number of hydrogen-bond donors (Lipinski definition) is 1. The molecule has 0 unspecified atom stereocenters. The van der Waals surface area contributed by atoms with E-state index in [-0.39, 0.29) is 5.88 Å². The summed E-state index contributed by atoms with van der Waals surface area (Å²) in [5, 5.41) is 6.88. The lowest BCUT2D eigenvalue weighted by Crippen LogP contribution is -2.28. The number of carbonyl (C=O) groups is 2. The van der Waals surface area contributed by atoms with Gasteiger partial charge in [-0.25, -0.2) is 4.79 Å². The molecular formula is C21H19ClN2O5. The molecule has 7 nitrogen and oxygen atoms in total. The van der Waals surface area contributed by atoms with E-state index in [1.807, 2.05) is 6.92 Å². The summed E-state index contributed by atoms with van der Waals surface area (Å²) >= 11 is 6.11. The van der Waals surface area contributed by atoms with Crippen molar-refractivity contribution in [3.8, 4) is 5.88 Å².